The van der Waals surface area contributed by atoms with Gasteiger partial charge >= 0.3 is 6.18 Å². The Balaban J connectivity index is 1.53. The van der Waals surface area contributed by atoms with Crippen molar-refractivity contribution in [2.75, 3.05) is 33.2 Å². The minimum Gasteiger partial charge on any atom is -0.356 e. The molecule has 8 heteroatoms. The molecule has 1 aromatic rings. The third kappa shape index (κ3) is 5.12. The second-order valence-corrected chi connectivity index (χ2v) is 7.55. The molecule has 2 aliphatic rings. The number of guanidine groups is 1. The molecule has 2 fully saturated rings. The van der Waals surface area contributed by atoms with Crippen LogP contribution in [0, 0.1) is 5.82 Å². The fraction of sp³-hybridized carbons (Fsp3) is 0.632. The van der Waals surface area contributed by atoms with Gasteiger partial charge in [0.05, 0.1) is 6.54 Å². The first kappa shape index (κ1) is 19.9. The fourth-order valence-corrected chi connectivity index (χ4v) is 3.96. The Morgan fingerprint density at radius 2 is 1.96 bits per heavy atom. The van der Waals surface area contributed by atoms with E-state index >= 15 is 0 Å². The van der Waals surface area contributed by atoms with Gasteiger partial charge in [-0.1, -0.05) is 18.6 Å². The maximum Gasteiger partial charge on any atom is 0.401 e. The quantitative estimate of drug-likeness (QED) is 0.464. The number of aliphatic imine (C=N–C) groups is 1. The summed E-state index contributed by atoms with van der Waals surface area (Å²) in [4.78, 5) is 5.63. The van der Waals surface area contributed by atoms with Crippen LogP contribution in [-0.4, -0.2) is 56.3 Å². The van der Waals surface area contributed by atoms with Gasteiger partial charge in [-0.05, 0) is 37.0 Å². The molecular weight excluding hydrogens is 360 g/mol. The highest BCUT2D eigenvalue weighted by Gasteiger charge is 2.39. The maximum absolute atomic E-state index is 13.2. The SMILES string of the molecule is CN=C(NCC1(c2ccc(F)cc2)CCC1)NC1CCN(CC(F)(F)F)C1. The summed E-state index contributed by atoms with van der Waals surface area (Å²) < 4.78 is 50.8. The summed E-state index contributed by atoms with van der Waals surface area (Å²) in [5.74, 6) is 0.352. The summed E-state index contributed by atoms with van der Waals surface area (Å²) in [5.41, 5.74) is 1.07. The normalized spacial score (nSPS) is 23.1. The second-order valence-electron chi connectivity index (χ2n) is 7.55. The second kappa shape index (κ2) is 8.04. The zero-order valence-electron chi connectivity index (χ0n) is 15.4. The molecule has 1 aromatic carbocycles. The van der Waals surface area contributed by atoms with Crippen LogP contribution in [0.2, 0.25) is 0 Å². The van der Waals surface area contributed by atoms with Crippen LogP contribution in [0.15, 0.2) is 29.3 Å². The standard InChI is InChI=1S/C19H26F4N4/c1-24-17(26-16-7-10-27(11-16)13-19(21,22)23)25-12-18(8-2-9-18)14-3-5-15(20)6-4-14/h3-6,16H,2,7-13H2,1H3,(H2,24,25,26). The Hall–Kier alpha value is -1.83. The summed E-state index contributed by atoms with van der Waals surface area (Å²) in [6.45, 7) is 0.569. The molecule has 1 atom stereocenters. The topological polar surface area (TPSA) is 39.7 Å². The highest BCUT2D eigenvalue weighted by molar-refractivity contribution is 5.80. The largest absolute Gasteiger partial charge is 0.401 e. The van der Waals surface area contributed by atoms with Crippen molar-refractivity contribution < 1.29 is 17.6 Å². The molecule has 0 amide bonds. The number of alkyl halides is 3. The minimum absolute atomic E-state index is 0.0384. The minimum atomic E-state index is -4.17. The van der Waals surface area contributed by atoms with Crippen molar-refractivity contribution >= 4 is 5.96 Å². The van der Waals surface area contributed by atoms with Gasteiger partial charge in [0.2, 0.25) is 0 Å². The molecule has 1 saturated carbocycles. The number of hydrogen-bond donors (Lipinski definition) is 2. The van der Waals surface area contributed by atoms with Crippen LogP contribution in [0.1, 0.15) is 31.2 Å². The molecule has 0 aromatic heterocycles. The van der Waals surface area contributed by atoms with Gasteiger partial charge in [-0.2, -0.15) is 13.2 Å². The van der Waals surface area contributed by atoms with Gasteiger partial charge in [0.1, 0.15) is 5.82 Å². The van der Waals surface area contributed by atoms with Crippen LogP contribution in [0.25, 0.3) is 0 Å². The first-order valence-corrected chi connectivity index (χ1v) is 9.32. The van der Waals surface area contributed by atoms with Crippen molar-refractivity contribution in [1.29, 1.82) is 0 Å². The molecule has 1 heterocycles. The van der Waals surface area contributed by atoms with Crippen molar-refractivity contribution in [3.8, 4) is 0 Å². The Morgan fingerprint density at radius 3 is 2.52 bits per heavy atom. The van der Waals surface area contributed by atoms with Crippen LogP contribution in [-0.2, 0) is 5.41 Å². The van der Waals surface area contributed by atoms with Crippen molar-refractivity contribution in [2.24, 2.45) is 4.99 Å². The molecule has 0 spiro atoms. The van der Waals surface area contributed by atoms with Crippen LogP contribution in [0.4, 0.5) is 17.6 Å². The predicted molar refractivity (Wildman–Crippen MR) is 97.3 cm³/mol. The van der Waals surface area contributed by atoms with E-state index in [0.29, 0.717) is 32.0 Å². The van der Waals surface area contributed by atoms with Gasteiger partial charge in [-0.15, -0.1) is 0 Å². The van der Waals surface area contributed by atoms with E-state index in [1.165, 1.54) is 17.0 Å². The summed E-state index contributed by atoms with van der Waals surface area (Å²) in [7, 11) is 1.66. The predicted octanol–water partition coefficient (Wildman–Crippen LogP) is 3.05. The third-order valence-electron chi connectivity index (χ3n) is 5.60. The van der Waals surface area contributed by atoms with Crippen molar-refractivity contribution in [1.82, 2.24) is 15.5 Å². The summed E-state index contributed by atoms with van der Waals surface area (Å²) in [6, 6.07) is 6.57. The molecule has 2 N–H and O–H groups in total. The van der Waals surface area contributed by atoms with Crippen molar-refractivity contribution in [3.05, 3.63) is 35.6 Å². The molecule has 4 nitrogen and oxygen atoms in total. The van der Waals surface area contributed by atoms with E-state index in [2.05, 4.69) is 15.6 Å². The molecule has 150 valence electrons. The first-order chi connectivity index (χ1) is 12.8. The lowest BCUT2D eigenvalue weighted by Crippen LogP contribution is -2.51. The zero-order chi connectivity index (χ0) is 19.5. The third-order valence-corrected chi connectivity index (χ3v) is 5.60. The number of halogens is 4. The van der Waals surface area contributed by atoms with Gasteiger partial charge < -0.3 is 10.6 Å². The van der Waals surface area contributed by atoms with E-state index in [9.17, 15) is 17.6 Å². The van der Waals surface area contributed by atoms with E-state index in [1.54, 1.807) is 7.05 Å². The van der Waals surface area contributed by atoms with Crippen molar-refractivity contribution in [3.63, 3.8) is 0 Å². The number of likely N-dealkylation sites (tertiary alicyclic amines) is 1. The van der Waals surface area contributed by atoms with Gasteiger partial charge in [-0.3, -0.25) is 9.89 Å². The summed E-state index contributed by atoms with van der Waals surface area (Å²) in [6.07, 6.45) is -0.350. The highest BCUT2D eigenvalue weighted by atomic mass is 19.4. The lowest BCUT2D eigenvalue weighted by Gasteiger charge is -2.43. The number of nitrogens with zero attached hydrogens (tertiary/aromatic N) is 2. The zero-order valence-corrected chi connectivity index (χ0v) is 15.4. The molecule has 0 bridgehead atoms. The van der Waals surface area contributed by atoms with Crippen LogP contribution >= 0.6 is 0 Å². The van der Waals surface area contributed by atoms with Crippen molar-refractivity contribution in [2.45, 2.75) is 43.3 Å². The lowest BCUT2D eigenvalue weighted by atomic mass is 9.64. The summed E-state index contributed by atoms with van der Waals surface area (Å²) >= 11 is 0. The Bertz CT molecular complexity index is 653. The van der Waals surface area contributed by atoms with E-state index in [4.69, 9.17) is 0 Å². The highest BCUT2D eigenvalue weighted by Crippen LogP contribution is 2.43. The Kier molecular flexibility index (Phi) is 5.93. The average molecular weight is 386 g/mol. The fourth-order valence-electron chi connectivity index (χ4n) is 3.96. The van der Waals surface area contributed by atoms with Crippen LogP contribution in [0.5, 0.6) is 0 Å². The molecule has 0 radical (unpaired) electrons. The lowest BCUT2D eigenvalue weighted by molar-refractivity contribution is -0.143. The number of benzene rings is 1. The molecule has 3 rings (SSSR count). The number of nitrogens with one attached hydrogen (secondary N) is 2. The molecule has 1 unspecified atom stereocenters. The summed E-state index contributed by atoms with van der Waals surface area (Å²) in [5, 5.41) is 6.55. The smallest absolute Gasteiger partial charge is 0.356 e. The van der Waals surface area contributed by atoms with E-state index in [1.807, 2.05) is 12.1 Å². The van der Waals surface area contributed by atoms with Gasteiger partial charge in [0.25, 0.3) is 0 Å². The Morgan fingerprint density at radius 1 is 1.26 bits per heavy atom. The Labute approximate surface area is 157 Å². The molecule has 1 aliphatic heterocycles. The van der Waals surface area contributed by atoms with Gasteiger partial charge in [-0.25, -0.2) is 4.39 Å². The maximum atomic E-state index is 13.2. The molecule has 1 aliphatic carbocycles. The molecule has 1 saturated heterocycles. The number of rotatable bonds is 5. The monoisotopic (exact) mass is 386 g/mol. The van der Waals surface area contributed by atoms with Gasteiger partial charge in [0.15, 0.2) is 5.96 Å². The molecule has 27 heavy (non-hydrogen) atoms. The first-order valence-electron chi connectivity index (χ1n) is 9.32. The van der Waals surface area contributed by atoms with Gasteiger partial charge in [0, 0.05) is 38.1 Å². The average Bonchev–Trinajstić information content (AvgIpc) is 2.99. The van der Waals surface area contributed by atoms with E-state index in [0.717, 1.165) is 24.8 Å². The van der Waals surface area contributed by atoms with Crippen LogP contribution < -0.4 is 10.6 Å². The van der Waals surface area contributed by atoms with Crippen LogP contribution in [0.3, 0.4) is 0 Å². The van der Waals surface area contributed by atoms with E-state index < -0.39 is 12.7 Å². The number of hydrogen-bond acceptors (Lipinski definition) is 2. The van der Waals surface area contributed by atoms with E-state index in [-0.39, 0.29) is 17.3 Å². The molecular formula is C19H26F4N4.